The van der Waals surface area contributed by atoms with Crippen molar-refractivity contribution in [1.29, 1.82) is 0 Å². The molecule has 0 aliphatic rings. The van der Waals surface area contributed by atoms with E-state index in [9.17, 15) is 14.0 Å². The van der Waals surface area contributed by atoms with E-state index in [0.29, 0.717) is 10.6 Å². The molecule has 0 aromatic heterocycles. The zero-order chi connectivity index (χ0) is 21.6. The second-order valence-corrected chi connectivity index (χ2v) is 6.86. The molecule has 5 nitrogen and oxygen atoms in total. The molecule has 0 amide bonds. The molecule has 29 heavy (non-hydrogen) atoms. The number of Topliss-reactive ketones (excluding diaryl/α,β-unsaturated/α-hetero) is 1. The van der Waals surface area contributed by atoms with Crippen molar-refractivity contribution in [3.63, 3.8) is 0 Å². The summed E-state index contributed by atoms with van der Waals surface area (Å²) in [5, 5.41) is 0.351. The summed E-state index contributed by atoms with van der Waals surface area (Å²) in [4.78, 5) is 27.2. The first kappa shape index (κ1) is 22.6. The highest BCUT2D eigenvalue weighted by molar-refractivity contribution is 6.31. The SMILES string of the molecule is CCOC(=O)C(=CN(C)C)C(=O)c1ccc(Cl)cc1C(OC)c1ccccc1F. The Morgan fingerprint density at radius 1 is 1.17 bits per heavy atom. The minimum atomic E-state index is -0.892. The van der Waals surface area contributed by atoms with Gasteiger partial charge in [0.05, 0.1) is 6.61 Å². The van der Waals surface area contributed by atoms with Crippen molar-refractivity contribution >= 4 is 23.4 Å². The van der Waals surface area contributed by atoms with Crippen LogP contribution in [0, 0.1) is 5.82 Å². The van der Waals surface area contributed by atoms with E-state index in [1.807, 2.05) is 0 Å². The van der Waals surface area contributed by atoms with Gasteiger partial charge in [0.15, 0.2) is 0 Å². The van der Waals surface area contributed by atoms with Crippen LogP contribution >= 0.6 is 11.6 Å². The minimum Gasteiger partial charge on any atom is -0.462 e. The Kier molecular flexibility index (Phi) is 7.93. The fraction of sp³-hybridized carbons (Fsp3) is 0.273. The summed E-state index contributed by atoms with van der Waals surface area (Å²) in [5.74, 6) is -1.79. The third-order valence-electron chi connectivity index (χ3n) is 4.09. The molecule has 1 atom stereocenters. The molecule has 0 heterocycles. The predicted octanol–water partition coefficient (Wildman–Crippen LogP) is 4.41. The summed E-state index contributed by atoms with van der Waals surface area (Å²) < 4.78 is 25.0. The van der Waals surface area contributed by atoms with Gasteiger partial charge in [-0.25, -0.2) is 9.18 Å². The number of hydrogen-bond acceptors (Lipinski definition) is 5. The van der Waals surface area contributed by atoms with E-state index in [1.54, 1.807) is 44.1 Å². The molecule has 2 aromatic carbocycles. The number of ether oxygens (including phenoxy) is 2. The lowest BCUT2D eigenvalue weighted by molar-refractivity contribution is -0.138. The fourth-order valence-electron chi connectivity index (χ4n) is 2.88. The van der Waals surface area contributed by atoms with Crippen LogP contribution in [0.15, 0.2) is 54.2 Å². The smallest absolute Gasteiger partial charge is 0.343 e. The maximum Gasteiger partial charge on any atom is 0.343 e. The number of halogens is 2. The van der Waals surface area contributed by atoms with Crippen LogP contribution in [0.25, 0.3) is 0 Å². The molecule has 0 bridgehead atoms. The third kappa shape index (κ3) is 5.43. The van der Waals surface area contributed by atoms with Crippen LogP contribution in [0.3, 0.4) is 0 Å². The number of ketones is 1. The number of hydrogen-bond donors (Lipinski definition) is 0. The summed E-state index contributed by atoms with van der Waals surface area (Å²) >= 11 is 6.15. The summed E-state index contributed by atoms with van der Waals surface area (Å²) in [5.41, 5.74) is 0.624. The highest BCUT2D eigenvalue weighted by atomic mass is 35.5. The van der Waals surface area contributed by atoms with Crippen molar-refractivity contribution in [2.75, 3.05) is 27.8 Å². The second-order valence-electron chi connectivity index (χ2n) is 6.42. The molecule has 0 saturated heterocycles. The van der Waals surface area contributed by atoms with E-state index in [-0.39, 0.29) is 23.3 Å². The van der Waals surface area contributed by atoms with Crippen LogP contribution in [0.1, 0.15) is 34.5 Å². The van der Waals surface area contributed by atoms with Gasteiger partial charge in [0.1, 0.15) is 17.5 Å². The summed E-state index contributed by atoms with van der Waals surface area (Å²) in [7, 11) is 4.79. The number of nitrogens with zero attached hydrogens (tertiary/aromatic N) is 1. The maximum absolute atomic E-state index is 14.4. The molecule has 7 heteroatoms. The van der Waals surface area contributed by atoms with Gasteiger partial charge in [-0.05, 0) is 36.8 Å². The van der Waals surface area contributed by atoms with Gasteiger partial charge < -0.3 is 14.4 Å². The van der Waals surface area contributed by atoms with E-state index < -0.39 is 23.7 Å². The Labute approximate surface area is 174 Å². The number of rotatable bonds is 8. The molecule has 154 valence electrons. The van der Waals surface area contributed by atoms with Crippen LogP contribution in [0.2, 0.25) is 5.02 Å². The predicted molar refractivity (Wildman–Crippen MR) is 109 cm³/mol. The van der Waals surface area contributed by atoms with Gasteiger partial charge in [-0.3, -0.25) is 4.79 Å². The van der Waals surface area contributed by atoms with Crippen LogP contribution in [0.5, 0.6) is 0 Å². The van der Waals surface area contributed by atoms with Gasteiger partial charge in [0.25, 0.3) is 0 Å². The highest BCUT2D eigenvalue weighted by Gasteiger charge is 2.28. The Bertz CT molecular complexity index is 927. The Hall–Kier alpha value is -2.70. The van der Waals surface area contributed by atoms with E-state index in [0.717, 1.165) is 0 Å². The van der Waals surface area contributed by atoms with Gasteiger partial charge in [-0.15, -0.1) is 0 Å². The Morgan fingerprint density at radius 3 is 2.45 bits per heavy atom. The van der Waals surface area contributed by atoms with Gasteiger partial charge >= 0.3 is 5.97 Å². The normalized spacial score (nSPS) is 12.4. The van der Waals surface area contributed by atoms with Crippen LogP contribution in [-0.2, 0) is 14.3 Å². The first-order valence-corrected chi connectivity index (χ1v) is 9.34. The number of carbonyl (C=O) groups excluding carboxylic acids is 2. The number of benzene rings is 2. The highest BCUT2D eigenvalue weighted by Crippen LogP contribution is 2.33. The first-order chi connectivity index (χ1) is 13.8. The van der Waals surface area contributed by atoms with E-state index in [4.69, 9.17) is 21.1 Å². The summed E-state index contributed by atoms with van der Waals surface area (Å²) in [6, 6.07) is 10.7. The van der Waals surface area contributed by atoms with Gasteiger partial charge in [-0.1, -0.05) is 29.8 Å². The van der Waals surface area contributed by atoms with Gasteiger partial charge in [0, 0.05) is 43.6 Å². The third-order valence-corrected chi connectivity index (χ3v) is 4.33. The number of esters is 1. The van der Waals surface area contributed by atoms with Crippen LogP contribution in [-0.4, -0.2) is 44.5 Å². The summed E-state index contributed by atoms with van der Waals surface area (Å²) in [6.07, 6.45) is 0.500. The molecule has 2 aromatic rings. The molecule has 2 rings (SSSR count). The second kappa shape index (κ2) is 10.2. The van der Waals surface area contributed by atoms with Crippen molar-refractivity contribution < 1.29 is 23.5 Å². The summed E-state index contributed by atoms with van der Waals surface area (Å²) in [6.45, 7) is 1.78. The lowest BCUT2D eigenvalue weighted by Gasteiger charge is -2.21. The zero-order valence-corrected chi connectivity index (χ0v) is 17.5. The van der Waals surface area contributed by atoms with E-state index in [2.05, 4.69) is 0 Å². The van der Waals surface area contributed by atoms with Crippen molar-refractivity contribution in [2.45, 2.75) is 13.0 Å². The van der Waals surface area contributed by atoms with E-state index >= 15 is 0 Å². The van der Waals surface area contributed by atoms with Crippen LogP contribution in [0.4, 0.5) is 4.39 Å². The lowest BCUT2D eigenvalue weighted by atomic mass is 9.92. The molecule has 0 aliphatic carbocycles. The maximum atomic E-state index is 14.4. The molecule has 0 spiro atoms. The molecule has 0 saturated carbocycles. The van der Waals surface area contributed by atoms with Crippen molar-refractivity contribution in [1.82, 2.24) is 4.90 Å². The average Bonchev–Trinajstić information content (AvgIpc) is 2.68. The molecular formula is C22H23ClFNO4. The fourth-order valence-corrected chi connectivity index (χ4v) is 3.06. The standard InChI is InChI=1S/C22H23ClFNO4/c1-5-29-22(27)18(13-25(2)3)20(26)15-11-10-14(23)12-17(15)21(28-4)16-8-6-7-9-19(16)24/h6-13,21H,5H2,1-4H3. The molecule has 0 N–H and O–H groups in total. The van der Waals surface area contributed by atoms with Crippen molar-refractivity contribution in [2.24, 2.45) is 0 Å². The molecule has 0 fully saturated rings. The Morgan fingerprint density at radius 2 is 1.86 bits per heavy atom. The molecule has 1 unspecified atom stereocenters. The lowest BCUT2D eigenvalue weighted by Crippen LogP contribution is -2.21. The van der Waals surface area contributed by atoms with Crippen molar-refractivity contribution in [3.05, 3.63) is 81.8 Å². The molecular weight excluding hydrogens is 397 g/mol. The van der Waals surface area contributed by atoms with Crippen LogP contribution < -0.4 is 0 Å². The largest absolute Gasteiger partial charge is 0.462 e. The van der Waals surface area contributed by atoms with Crippen molar-refractivity contribution in [3.8, 4) is 0 Å². The average molecular weight is 420 g/mol. The Balaban J connectivity index is 2.63. The molecule has 0 radical (unpaired) electrons. The topological polar surface area (TPSA) is 55.8 Å². The quantitative estimate of drug-likeness (QED) is 0.208. The first-order valence-electron chi connectivity index (χ1n) is 8.96. The number of methoxy groups -OCH3 is 1. The minimum absolute atomic E-state index is 0.125. The van der Waals surface area contributed by atoms with E-state index in [1.165, 1.54) is 37.6 Å². The zero-order valence-electron chi connectivity index (χ0n) is 16.7. The molecule has 0 aliphatic heterocycles. The van der Waals surface area contributed by atoms with Gasteiger partial charge in [0.2, 0.25) is 5.78 Å². The van der Waals surface area contributed by atoms with Gasteiger partial charge in [-0.2, -0.15) is 0 Å². The number of carbonyl (C=O) groups is 2. The monoisotopic (exact) mass is 419 g/mol.